The molecule has 1 aliphatic rings. The fourth-order valence-corrected chi connectivity index (χ4v) is 5.89. The lowest BCUT2D eigenvalue weighted by atomic mass is 9.87. The Morgan fingerprint density at radius 1 is 0.872 bits per heavy atom. The van der Waals surface area contributed by atoms with Crippen molar-refractivity contribution in [2.24, 2.45) is 4.99 Å². The lowest BCUT2D eigenvalue weighted by molar-refractivity contribution is -0.122. The molecule has 5 rings (SSSR count). The molecule has 1 aromatic heterocycles. The summed E-state index contributed by atoms with van der Waals surface area (Å²) in [6.45, 7) is 11.5. The Morgan fingerprint density at radius 3 is 2.15 bits per heavy atom. The topological polar surface area (TPSA) is 37.6 Å². The number of para-hydroxylation sites is 1. The van der Waals surface area contributed by atoms with Crippen molar-refractivity contribution in [3.63, 3.8) is 0 Å². The number of carbonyl (C=O) groups excluding carboxylic acids is 1. The van der Waals surface area contributed by atoms with Crippen molar-refractivity contribution in [3.05, 3.63) is 124 Å². The third-order valence-electron chi connectivity index (χ3n) is 7.08. The molecule has 0 N–H and O–H groups in total. The van der Waals surface area contributed by atoms with Crippen LogP contribution in [0.25, 0.3) is 11.8 Å². The van der Waals surface area contributed by atoms with Crippen LogP contribution in [0.1, 0.15) is 48.8 Å². The predicted octanol–water partition coefficient (Wildman–Crippen LogP) is 8.24. The third-order valence-corrected chi connectivity index (χ3v) is 8.09. The van der Waals surface area contributed by atoms with Crippen LogP contribution in [0, 0.1) is 13.8 Å². The summed E-state index contributed by atoms with van der Waals surface area (Å²) in [5.74, 6) is 0.00458. The van der Waals surface area contributed by atoms with Crippen molar-refractivity contribution in [1.29, 1.82) is 0 Å². The quantitative estimate of drug-likeness (QED) is 0.234. The van der Waals surface area contributed by atoms with Gasteiger partial charge in [-0.05, 0) is 90.5 Å². The summed E-state index contributed by atoms with van der Waals surface area (Å²) in [6.07, 6.45) is 2.80. The Morgan fingerprint density at radius 2 is 1.51 bits per heavy atom. The first kappa shape index (κ1) is 26.8. The highest BCUT2D eigenvalue weighted by Gasteiger charge is 2.33. The van der Waals surface area contributed by atoms with Gasteiger partial charge in [0.15, 0.2) is 5.17 Å². The molecule has 4 aromatic rings. The number of carbonyl (C=O) groups is 1. The normalized spacial score (nSPS) is 16.0. The summed E-state index contributed by atoms with van der Waals surface area (Å²) in [6, 6.07) is 31.1. The van der Waals surface area contributed by atoms with Crippen LogP contribution in [0.4, 0.5) is 5.69 Å². The van der Waals surface area contributed by atoms with Crippen molar-refractivity contribution in [2.45, 2.75) is 46.5 Å². The van der Waals surface area contributed by atoms with Gasteiger partial charge >= 0.3 is 0 Å². The van der Waals surface area contributed by atoms with Gasteiger partial charge in [-0.25, -0.2) is 4.99 Å². The van der Waals surface area contributed by atoms with Gasteiger partial charge < -0.3 is 4.57 Å². The van der Waals surface area contributed by atoms with Crippen molar-refractivity contribution in [3.8, 4) is 5.69 Å². The highest BCUT2D eigenvalue weighted by atomic mass is 32.2. The molecule has 1 aliphatic heterocycles. The molecular formula is C34H35N3OS. The van der Waals surface area contributed by atoms with Crippen molar-refractivity contribution in [1.82, 2.24) is 9.47 Å². The molecule has 4 nitrogen and oxygen atoms in total. The number of aromatic nitrogens is 1. The van der Waals surface area contributed by atoms with E-state index in [1.165, 1.54) is 22.9 Å². The van der Waals surface area contributed by atoms with Gasteiger partial charge in [-0.2, -0.15) is 0 Å². The third kappa shape index (κ3) is 5.94. The molecule has 2 heterocycles. The molecule has 39 heavy (non-hydrogen) atoms. The van der Waals surface area contributed by atoms with E-state index >= 15 is 0 Å². The van der Waals surface area contributed by atoms with Crippen LogP contribution in [-0.4, -0.2) is 27.1 Å². The Hall–Kier alpha value is -3.83. The molecule has 3 aromatic carbocycles. The molecule has 0 atom stereocenters. The zero-order valence-corrected chi connectivity index (χ0v) is 24.1. The van der Waals surface area contributed by atoms with E-state index < -0.39 is 0 Å². The maximum atomic E-state index is 13.7. The van der Waals surface area contributed by atoms with E-state index in [0.717, 1.165) is 39.9 Å². The molecule has 1 amide bonds. The van der Waals surface area contributed by atoms with Crippen molar-refractivity contribution in [2.75, 3.05) is 6.54 Å². The van der Waals surface area contributed by atoms with Crippen molar-refractivity contribution >= 4 is 34.6 Å². The van der Waals surface area contributed by atoms with E-state index in [0.29, 0.717) is 11.4 Å². The number of aliphatic imine (C=N–C) groups is 1. The fourth-order valence-electron chi connectivity index (χ4n) is 4.87. The number of hydrogen-bond donors (Lipinski definition) is 0. The highest BCUT2D eigenvalue weighted by Crippen LogP contribution is 2.36. The van der Waals surface area contributed by atoms with Gasteiger partial charge in [0.05, 0.1) is 10.6 Å². The number of amidine groups is 1. The minimum Gasteiger partial charge on any atom is -0.318 e. The van der Waals surface area contributed by atoms with Crippen LogP contribution in [0.3, 0.4) is 0 Å². The van der Waals surface area contributed by atoms with Crippen LogP contribution >= 0.6 is 11.8 Å². The first-order valence-electron chi connectivity index (χ1n) is 13.4. The smallest absolute Gasteiger partial charge is 0.266 e. The zero-order chi connectivity index (χ0) is 27.6. The Balaban J connectivity index is 1.46. The largest absolute Gasteiger partial charge is 0.318 e. The fraction of sp³-hybridized carbons (Fsp3) is 0.235. The molecule has 198 valence electrons. The van der Waals surface area contributed by atoms with Crippen LogP contribution in [0.15, 0.2) is 101 Å². The van der Waals surface area contributed by atoms with E-state index in [-0.39, 0.29) is 11.3 Å². The number of amides is 1. The van der Waals surface area contributed by atoms with E-state index in [1.807, 2.05) is 59.5 Å². The number of hydrogen-bond acceptors (Lipinski definition) is 3. The number of rotatable bonds is 6. The van der Waals surface area contributed by atoms with Crippen LogP contribution in [-0.2, 0) is 16.6 Å². The maximum absolute atomic E-state index is 13.7. The van der Waals surface area contributed by atoms with E-state index in [1.54, 1.807) is 0 Å². The van der Waals surface area contributed by atoms with Gasteiger partial charge in [0, 0.05) is 23.6 Å². The van der Waals surface area contributed by atoms with E-state index in [2.05, 4.69) is 81.7 Å². The lowest BCUT2D eigenvalue weighted by Gasteiger charge is -2.20. The molecule has 0 unspecified atom stereocenters. The van der Waals surface area contributed by atoms with Gasteiger partial charge in [0.1, 0.15) is 0 Å². The molecule has 1 saturated heterocycles. The van der Waals surface area contributed by atoms with Crippen LogP contribution < -0.4 is 0 Å². The predicted molar refractivity (Wildman–Crippen MR) is 165 cm³/mol. The SMILES string of the molecule is Cc1cc(/C=C2\SC(=Nc3ccccc3)N(CCc3ccccc3)C2=O)c(C)n1-c1ccc(C(C)(C)C)cc1. The minimum atomic E-state index is 0.00458. The molecule has 5 heteroatoms. The van der Waals surface area contributed by atoms with Crippen LogP contribution in [0.2, 0.25) is 0 Å². The van der Waals surface area contributed by atoms with Gasteiger partial charge in [0.25, 0.3) is 5.91 Å². The molecule has 0 saturated carbocycles. The minimum absolute atomic E-state index is 0.00458. The molecule has 0 radical (unpaired) electrons. The van der Waals surface area contributed by atoms with Crippen molar-refractivity contribution < 1.29 is 4.79 Å². The van der Waals surface area contributed by atoms with Gasteiger partial charge in [-0.3, -0.25) is 9.69 Å². The second kappa shape index (κ2) is 11.1. The first-order valence-corrected chi connectivity index (χ1v) is 14.2. The summed E-state index contributed by atoms with van der Waals surface area (Å²) in [5.41, 5.74) is 7.89. The second-order valence-corrected chi connectivity index (χ2v) is 12.0. The highest BCUT2D eigenvalue weighted by molar-refractivity contribution is 8.18. The number of aryl methyl sites for hydroxylation is 1. The molecular weight excluding hydrogens is 498 g/mol. The molecule has 0 bridgehead atoms. The summed E-state index contributed by atoms with van der Waals surface area (Å²) in [7, 11) is 0. The summed E-state index contributed by atoms with van der Waals surface area (Å²) < 4.78 is 2.26. The molecule has 0 spiro atoms. The second-order valence-electron chi connectivity index (χ2n) is 11.0. The van der Waals surface area contributed by atoms with Gasteiger partial charge in [-0.15, -0.1) is 0 Å². The van der Waals surface area contributed by atoms with Gasteiger partial charge in [-0.1, -0.05) is 81.4 Å². The number of benzene rings is 3. The molecule has 0 aliphatic carbocycles. The standard InChI is InChI=1S/C34H35N3OS/c1-24-22-27(25(2)37(24)30-18-16-28(17-19-30)34(3,4)5)23-31-32(38)36(21-20-26-12-8-6-9-13-26)33(39-31)35-29-14-10-7-11-15-29/h6-19,22-23H,20-21H2,1-5H3/b31-23-,35-33?. The first-order chi connectivity index (χ1) is 18.7. The lowest BCUT2D eigenvalue weighted by Crippen LogP contribution is -2.31. The van der Waals surface area contributed by atoms with Gasteiger partial charge in [0.2, 0.25) is 0 Å². The Bertz CT molecular complexity index is 1530. The van der Waals surface area contributed by atoms with Crippen LogP contribution in [0.5, 0.6) is 0 Å². The summed E-state index contributed by atoms with van der Waals surface area (Å²) in [4.78, 5) is 21.1. The number of thioether (sulfide) groups is 1. The average Bonchev–Trinajstić information content (AvgIpc) is 3.37. The Kier molecular flexibility index (Phi) is 7.62. The van der Waals surface area contributed by atoms with E-state index in [4.69, 9.17) is 4.99 Å². The summed E-state index contributed by atoms with van der Waals surface area (Å²) in [5, 5.41) is 0.722. The monoisotopic (exact) mass is 533 g/mol. The molecule has 1 fully saturated rings. The average molecular weight is 534 g/mol. The number of nitrogens with zero attached hydrogens (tertiary/aromatic N) is 3. The Labute approximate surface area is 236 Å². The zero-order valence-electron chi connectivity index (χ0n) is 23.3. The van der Waals surface area contributed by atoms with E-state index in [9.17, 15) is 4.79 Å². The summed E-state index contributed by atoms with van der Waals surface area (Å²) >= 11 is 1.45. The maximum Gasteiger partial charge on any atom is 0.266 e.